The molecule has 2 fully saturated rings. The van der Waals surface area contributed by atoms with Crippen LogP contribution >= 0.6 is 12.4 Å². The minimum Gasteiger partial charge on any atom is -0.496 e. The maximum Gasteiger partial charge on any atom is 0.320 e. The number of carboxylic acid groups (broad SMARTS) is 1. The van der Waals surface area contributed by atoms with Gasteiger partial charge in [-0.25, -0.2) is 0 Å². The van der Waals surface area contributed by atoms with E-state index in [-0.39, 0.29) is 18.5 Å². The van der Waals surface area contributed by atoms with Crippen molar-refractivity contribution in [2.24, 2.45) is 11.8 Å². The predicted octanol–water partition coefficient (Wildman–Crippen LogP) is 1.91. The van der Waals surface area contributed by atoms with Gasteiger partial charge in [0.2, 0.25) is 5.82 Å². The molecule has 0 bridgehead atoms. The number of tetrazole rings is 1. The molecular weight excluding hydrogens is 386 g/mol. The van der Waals surface area contributed by atoms with Gasteiger partial charge in [-0.2, -0.15) is 5.21 Å². The largest absolute Gasteiger partial charge is 0.496 e. The first-order valence-corrected chi connectivity index (χ1v) is 9.19. The van der Waals surface area contributed by atoms with Crippen LogP contribution in [0.5, 0.6) is 11.5 Å². The van der Waals surface area contributed by atoms with Crippen molar-refractivity contribution >= 4 is 18.4 Å². The van der Waals surface area contributed by atoms with Gasteiger partial charge in [0.25, 0.3) is 0 Å². The Balaban J connectivity index is 0.00000225. The Morgan fingerprint density at radius 3 is 2.75 bits per heavy atom. The number of aliphatic carboxylic acids is 1. The van der Waals surface area contributed by atoms with E-state index in [9.17, 15) is 9.90 Å². The van der Waals surface area contributed by atoms with Gasteiger partial charge < -0.3 is 19.9 Å². The molecule has 1 aliphatic carbocycles. The number of rotatable bonds is 5. The second-order valence-electron chi connectivity index (χ2n) is 7.18. The van der Waals surface area contributed by atoms with Crippen LogP contribution in [-0.2, 0) is 4.79 Å². The second-order valence-corrected chi connectivity index (χ2v) is 7.18. The van der Waals surface area contributed by atoms with Crippen LogP contribution in [0.4, 0.5) is 0 Å². The summed E-state index contributed by atoms with van der Waals surface area (Å²) in [5.41, 5.74) is 0.671. The van der Waals surface area contributed by atoms with E-state index in [0.29, 0.717) is 41.1 Å². The molecule has 0 radical (unpaired) electrons. The number of halogens is 1. The van der Waals surface area contributed by atoms with Crippen molar-refractivity contribution in [1.82, 2.24) is 25.9 Å². The van der Waals surface area contributed by atoms with Gasteiger partial charge in [-0.05, 0) is 61.4 Å². The van der Waals surface area contributed by atoms with Crippen molar-refractivity contribution < 1.29 is 19.4 Å². The van der Waals surface area contributed by atoms with E-state index in [1.165, 1.54) is 0 Å². The highest BCUT2D eigenvalue weighted by Crippen LogP contribution is 2.41. The maximum absolute atomic E-state index is 11.3. The van der Waals surface area contributed by atoms with Crippen LogP contribution in [-0.4, -0.2) is 57.5 Å². The van der Waals surface area contributed by atoms with Crippen molar-refractivity contribution in [1.29, 1.82) is 0 Å². The van der Waals surface area contributed by atoms with Gasteiger partial charge >= 0.3 is 5.97 Å². The molecule has 1 aromatic heterocycles. The minimum atomic E-state index is -0.774. The molecular formula is C18H24ClN5O4. The number of methoxy groups -OCH3 is 1. The number of aromatic amines is 1. The van der Waals surface area contributed by atoms with E-state index in [2.05, 4.69) is 25.9 Å². The quantitative estimate of drug-likeness (QED) is 0.684. The number of nitrogens with one attached hydrogen (secondary N) is 2. The molecule has 1 aromatic carbocycles. The van der Waals surface area contributed by atoms with Crippen LogP contribution in [0.3, 0.4) is 0 Å². The lowest BCUT2D eigenvalue weighted by Gasteiger charge is -2.41. The lowest BCUT2D eigenvalue weighted by atomic mass is 9.72. The van der Waals surface area contributed by atoms with Gasteiger partial charge in [-0.3, -0.25) is 4.79 Å². The summed E-state index contributed by atoms with van der Waals surface area (Å²) in [6.07, 6.45) is 3.48. The molecule has 0 amide bonds. The van der Waals surface area contributed by atoms with Gasteiger partial charge in [-0.1, -0.05) is 6.07 Å². The Labute approximate surface area is 168 Å². The van der Waals surface area contributed by atoms with Gasteiger partial charge in [0.1, 0.15) is 23.1 Å². The topological polar surface area (TPSA) is 122 Å². The lowest BCUT2D eigenvalue weighted by molar-refractivity contribution is -0.141. The van der Waals surface area contributed by atoms with Crippen LogP contribution in [0.15, 0.2) is 18.2 Å². The molecule has 1 saturated heterocycles. The predicted molar refractivity (Wildman–Crippen MR) is 103 cm³/mol. The van der Waals surface area contributed by atoms with Crippen molar-refractivity contribution in [3.63, 3.8) is 0 Å². The summed E-state index contributed by atoms with van der Waals surface area (Å²) in [7, 11) is 1.59. The molecule has 2 heterocycles. The first kappa shape index (κ1) is 20.3. The van der Waals surface area contributed by atoms with Gasteiger partial charge in [0.05, 0.1) is 13.2 Å². The number of hydrogen-bond acceptors (Lipinski definition) is 7. The zero-order chi connectivity index (χ0) is 18.8. The number of aromatic nitrogens is 4. The number of benzene rings is 1. The molecule has 4 atom stereocenters. The Morgan fingerprint density at radius 2 is 2.04 bits per heavy atom. The van der Waals surface area contributed by atoms with E-state index < -0.39 is 12.0 Å². The summed E-state index contributed by atoms with van der Waals surface area (Å²) in [5, 5.41) is 26.7. The molecule has 9 nitrogen and oxygen atoms in total. The normalized spacial score (nSPS) is 26.6. The van der Waals surface area contributed by atoms with Gasteiger partial charge in [-0.15, -0.1) is 22.6 Å². The van der Waals surface area contributed by atoms with E-state index in [0.717, 1.165) is 25.8 Å². The van der Waals surface area contributed by atoms with Gasteiger partial charge in [0.15, 0.2) is 0 Å². The average molecular weight is 410 g/mol. The number of hydrogen-bond donors (Lipinski definition) is 3. The lowest BCUT2D eigenvalue weighted by Crippen LogP contribution is -2.50. The highest BCUT2D eigenvalue weighted by Gasteiger charge is 2.38. The average Bonchev–Trinajstić information content (AvgIpc) is 3.21. The molecule has 0 spiro atoms. The summed E-state index contributed by atoms with van der Waals surface area (Å²) >= 11 is 0. The Morgan fingerprint density at radius 1 is 1.21 bits per heavy atom. The fourth-order valence-corrected chi connectivity index (χ4v) is 4.26. The molecule has 1 saturated carbocycles. The molecule has 28 heavy (non-hydrogen) atoms. The SMILES string of the molecule is COc1cccc(O[C@H]2CC[C@H]3CN[C@H](C(=O)O)C[C@H]3C2)c1-c1nn[nH]n1.Cl. The molecule has 4 rings (SSSR count). The zero-order valence-electron chi connectivity index (χ0n) is 15.5. The number of carbonyl (C=O) groups is 1. The van der Waals surface area contributed by atoms with Crippen molar-refractivity contribution in [3.8, 4) is 22.9 Å². The maximum atomic E-state index is 11.3. The second kappa shape index (κ2) is 8.74. The molecule has 2 aromatic rings. The van der Waals surface area contributed by atoms with Crippen LogP contribution < -0.4 is 14.8 Å². The van der Waals surface area contributed by atoms with Gasteiger partial charge in [0, 0.05) is 0 Å². The monoisotopic (exact) mass is 409 g/mol. The Kier molecular flexibility index (Phi) is 6.35. The summed E-state index contributed by atoms with van der Waals surface area (Å²) < 4.78 is 11.8. The van der Waals surface area contributed by atoms with E-state index in [1.807, 2.05) is 18.2 Å². The standard InChI is InChI=1S/C18H23N5O4.ClH/c1-26-14-3-2-4-15(16(14)17-20-22-23-21-17)27-12-6-5-10-9-19-13(18(24)25)8-11(10)7-12;/h2-4,10-13,19H,5-9H2,1H3,(H,24,25)(H,20,21,22,23);1H/t10-,11+,12-,13-;/m0./s1. The van der Waals surface area contributed by atoms with Crippen LogP contribution in [0.25, 0.3) is 11.4 Å². The first-order chi connectivity index (χ1) is 13.2. The summed E-state index contributed by atoms with van der Waals surface area (Å²) in [6, 6.07) is 5.12. The third kappa shape index (κ3) is 4.05. The third-order valence-electron chi connectivity index (χ3n) is 5.63. The summed E-state index contributed by atoms with van der Waals surface area (Å²) in [5.74, 6) is 1.79. The molecule has 3 N–H and O–H groups in total. The first-order valence-electron chi connectivity index (χ1n) is 9.19. The van der Waals surface area contributed by atoms with E-state index >= 15 is 0 Å². The molecule has 10 heteroatoms. The molecule has 1 aliphatic heterocycles. The van der Waals surface area contributed by atoms with Crippen molar-refractivity contribution in [2.45, 2.75) is 37.8 Å². The minimum absolute atomic E-state index is 0. The fraction of sp³-hybridized carbons (Fsp3) is 0.556. The highest BCUT2D eigenvalue weighted by molar-refractivity contribution is 5.85. The summed E-state index contributed by atoms with van der Waals surface area (Å²) in [6.45, 7) is 0.765. The van der Waals surface area contributed by atoms with Crippen LogP contribution in [0.1, 0.15) is 25.7 Å². The Bertz CT molecular complexity index is 803. The fourth-order valence-electron chi connectivity index (χ4n) is 4.26. The molecule has 152 valence electrons. The smallest absolute Gasteiger partial charge is 0.320 e. The molecule has 2 aliphatic rings. The zero-order valence-corrected chi connectivity index (χ0v) is 16.3. The van der Waals surface area contributed by atoms with Crippen molar-refractivity contribution in [2.75, 3.05) is 13.7 Å². The third-order valence-corrected chi connectivity index (χ3v) is 5.63. The van der Waals surface area contributed by atoms with E-state index in [1.54, 1.807) is 7.11 Å². The van der Waals surface area contributed by atoms with Crippen molar-refractivity contribution in [3.05, 3.63) is 18.2 Å². The van der Waals surface area contributed by atoms with E-state index in [4.69, 9.17) is 9.47 Å². The van der Waals surface area contributed by atoms with Crippen LogP contribution in [0, 0.1) is 11.8 Å². The number of fused-ring (bicyclic) bond motifs is 1. The summed E-state index contributed by atoms with van der Waals surface area (Å²) in [4.78, 5) is 11.3. The number of nitrogens with zero attached hydrogens (tertiary/aromatic N) is 3. The number of carboxylic acids is 1. The van der Waals surface area contributed by atoms with Crippen LogP contribution in [0.2, 0.25) is 0 Å². The number of H-pyrrole nitrogens is 1. The number of ether oxygens (including phenoxy) is 2. The number of piperidine rings is 1. The highest BCUT2D eigenvalue weighted by atomic mass is 35.5. The molecule has 0 unspecified atom stereocenters. The Hall–Kier alpha value is -2.39.